The van der Waals surface area contributed by atoms with Crippen molar-refractivity contribution in [1.29, 1.82) is 0 Å². The molecule has 1 fully saturated rings. The summed E-state index contributed by atoms with van der Waals surface area (Å²) in [5.41, 5.74) is 2.07. The predicted molar refractivity (Wildman–Crippen MR) is 119 cm³/mol. The fourth-order valence-electron chi connectivity index (χ4n) is 4.43. The molecule has 0 bridgehead atoms. The molecule has 1 saturated heterocycles. The summed E-state index contributed by atoms with van der Waals surface area (Å²) in [6.45, 7) is 1.60. The fourth-order valence-corrected chi connectivity index (χ4v) is 4.64. The Hall–Kier alpha value is -3.50. The highest BCUT2D eigenvalue weighted by molar-refractivity contribution is 6.31. The third kappa shape index (κ3) is 3.88. The Morgan fingerprint density at radius 2 is 2.06 bits per heavy atom. The molecule has 0 saturated carbocycles. The minimum Gasteiger partial charge on any atom is -0.465 e. The second-order valence-electron chi connectivity index (χ2n) is 8.43. The van der Waals surface area contributed by atoms with E-state index < -0.39 is 23.4 Å². The van der Waals surface area contributed by atoms with Crippen LogP contribution in [-0.2, 0) is 16.0 Å². The lowest BCUT2D eigenvalue weighted by Crippen LogP contribution is -2.70. The van der Waals surface area contributed by atoms with Crippen molar-refractivity contribution in [2.75, 3.05) is 13.2 Å². The number of aryl methyl sites for hydroxylation is 2. The molecule has 0 spiro atoms. The minimum atomic E-state index is -1.28. The molecule has 1 aliphatic carbocycles. The number of aromatic nitrogens is 2. The first-order chi connectivity index (χ1) is 16.3. The molecule has 0 radical (unpaired) electrons. The van der Waals surface area contributed by atoms with E-state index in [9.17, 15) is 14.0 Å². The lowest BCUT2D eigenvalue weighted by molar-refractivity contribution is -0.147. The Kier molecular flexibility index (Phi) is 5.49. The molecule has 2 amide bonds. The first kappa shape index (κ1) is 22.3. The smallest absolute Gasteiger partial charge is 0.405 e. The van der Waals surface area contributed by atoms with Gasteiger partial charge in [0.1, 0.15) is 5.82 Å². The van der Waals surface area contributed by atoms with E-state index in [0.717, 1.165) is 16.7 Å². The molecular formula is C23H20ClFN4O5. The van der Waals surface area contributed by atoms with Gasteiger partial charge >= 0.3 is 6.09 Å². The van der Waals surface area contributed by atoms with Crippen LogP contribution in [0.15, 0.2) is 34.9 Å². The van der Waals surface area contributed by atoms with Crippen molar-refractivity contribution in [3.05, 3.63) is 58.2 Å². The maximum absolute atomic E-state index is 14.9. The van der Waals surface area contributed by atoms with Crippen molar-refractivity contribution >= 4 is 23.6 Å². The zero-order chi connectivity index (χ0) is 24.0. The van der Waals surface area contributed by atoms with Crippen LogP contribution in [0.5, 0.6) is 0 Å². The quantitative estimate of drug-likeness (QED) is 0.502. The fraction of sp³-hybridized carbons (Fsp3) is 0.304. The van der Waals surface area contributed by atoms with Gasteiger partial charge in [0.2, 0.25) is 11.7 Å². The second kappa shape index (κ2) is 8.37. The van der Waals surface area contributed by atoms with E-state index >= 15 is 0 Å². The third-order valence-electron chi connectivity index (χ3n) is 6.12. The van der Waals surface area contributed by atoms with Gasteiger partial charge in [-0.2, -0.15) is 4.98 Å². The number of nitrogens with zero attached hydrogens (tertiary/aromatic N) is 2. The van der Waals surface area contributed by atoms with Gasteiger partial charge in [0.15, 0.2) is 5.54 Å². The van der Waals surface area contributed by atoms with Gasteiger partial charge in [-0.25, -0.2) is 9.18 Å². The molecule has 11 heteroatoms. The first-order valence-electron chi connectivity index (χ1n) is 10.6. The molecule has 2 aliphatic rings. The van der Waals surface area contributed by atoms with Crippen LogP contribution in [0.1, 0.15) is 29.5 Å². The number of carboxylic acid groups (broad SMARTS) is 1. The highest BCUT2D eigenvalue weighted by Crippen LogP contribution is 2.39. The number of carbonyl (C=O) groups excluding carboxylic acids is 1. The normalized spacial score (nSPS) is 18.1. The van der Waals surface area contributed by atoms with Crippen LogP contribution in [0, 0.1) is 12.7 Å². The van der Waals surface area contributed by atoms with Crippen LogP contribution in [-0.4, -0.2) is 46.0 Å². The SMILES string of the molecule is Cc1nc(-c2c(F)cc(Cl)cc2-c2ccc3c(c2)CC[C@@H]3NC(=O)C2(NC(=O)O)COC2)no1. The van der Waals surface area contributed by atoms with Crippen molar-refractivity contribution in [2.45, 2.75) is 31.3 Å². The van der Waals surface area contributed by atoms with Gasteiger partial charge in [-0.05, 0) is 47.2 Å². The topological polar surface area (TPSA) is 127 Å². The number of rotatable bonds is 5. The molecular weight excluding hydrogens is 467 g/mol. The number of amides is 2. The number of hydrogen-bond donors (Lipinski definition) is 3. The molecule has 1 aromatic heterocycles. The van der Waals surface area contributed by atoms with Crippen LogP contribution in [0.3, 0.4) is 0 Å². The van der Waals surface area contributed by atoms with Crippen molar-refractivity contribution in [1.82, 2.24) is 20.8 Å². The zero-order valence-electron chi connectivity index (χ0n) is 18.0. The minimum absolute atomic E-state index is 0.0116. The number of fused-ring (bicyclic) bond motifs is 1. The molecule has 2 aromatic carbocycles. The Morgan fingerprint density at radius 1 is 1.26 bits per heavy atom. The lowest BCUT2D eigenvalue weighted by Gasteiger charge is -2.40. The van der Waals surface area contributed by atoms with Crippen molar-refractivity contribution in [3.8, 4) is 22.5 Å². The molecule has 34 heavy (non-hydrogen) atoms. The van der Waals surface area contributed by atoms with Crippen LogP contribution < -0.4 is 10.6 Å². The first-order valence-corrected chi connectivity index (χ1v) is 11.0. The zero-order valence-corrected chi connectivity index (χ0v) is 18.8. The Morgan fingerprint density at radius 3 is 2.71 bits per heavy atom. The van der Waals surface area contributed by atoms with Gasteiger partial charge in [-0.15, -0.1) is 0 Å². The summed E-state index contributed by atoms with van der Waals surface area (Å²) in [6.07, 6.45) is 0.0511. The molecule has 1 atom stereocenters. The van der Waals surface area contributed by atoms with Crippen molar-refractivity contribution in [3.63, 3.8) is 0 Å². The van der Waals surface area contributed by atoms with E-state index in [1.165, 1.54) is 6.07 Å². The van der Waals surface area contributed by atoms with Gasteiger partial charge in [0.25, 0.3) is 5.91 Å². The average molecular weight is 487 g/mol. The summed E-state index contributed by atoms with van der Waals surface area (Å²) in [7, 11) is 0. The number of halogens is 2. The van der Waals surface area contributed by atoms with E-state index in [1.807, 2.05) is 18.2 Å². The Bertz CT molecular complexity index is 1310. The number of benzene rings is 2. The molecule has 176 valence electrons. The van der Waals surface area contributed by atoms with E-state index in [-0.39, 0.29) is 35.7 Å². The van der Waals surface area contributed by atoms with E-state index in [4.69, 9.17) is 26.0 Å². The lowest BCUT2D eigenvalue weighted by atomic mass is 9.94. The van der Waals surface area contributed by atoms with Gasteiger partial charge in [0.05, 0.1) is 24.8 Å². The standard InChI is InChI=1S/C23H20ClFN4O5/c1-11-26-20(29-34-11)19-16(7-14(24)8-17(19)25)13-2-4-15-12(6-13)3-5-18(15)27-21(30)23(9-33-10-23)28-22(31)32/h2,4,6-8,18,28H,3,5,9-10H2,1H3,(H,27,30)(H,31,32)/t18-/m0/s1. The number of ether oxygens (including phenoxy) is 1. The molecule has 2 heterocycles. The maximum atomic E-state index is 14.9. The van der Waals surface area contributed by atoms with Crippen LogP contribution in [0.25, 0.3) is 22.5 Å². The summed E-state index contributed by atoms with van der Waals surface area (Å²) in [5.74, 6) is -0.538. The van der Waals surface area contributed by atoms with Gasteiger partial charge in [0, 0.05) is 11.9 Å². The molecule has 0 unspecified atom stereocenters. The summed E-state index contributed by atoms with van der Waals surface area (Å²) < 4.78 is 25.0. The number of hydrogen-bond acceptors (Lipinski definition) is 6. The molecule has 5 rings (SSSR count). The van der Waals surface area contributed by atoms with E-state index in [1.54, 1.807) is 13.0 Å². The highest BCUT2D eigenvalue weighted by Gasteiger charge is 2.48. The highest BCUT2D eigenvalue weighted by atomic mass is 35.5. The predicted octanol–water partition coefficient (Wildman–Crippen LogP) is 3.64. The van der Waals surface area contributed by atoms with Gasteiger partial charge in [-0.3, -0.25) is 4.79 Å². The molecule has 3 aromatic rings. The summed E-state index contributed by atoms with van der Waals surface area (Å²) in [5, 5.41) is 18.4. The second-order valence-corrected chi connectivity index (χ2v) is 8.87. The summed E-state index contributed by atoms with van der Waals surface area (Å²) in [6, 6.07) is 8.21. The van der Waals surface area contributed by atoms with Crippen molar-refractivity contribution < 1.29 is 28.3 Å². The number of nitrogens with one attached hydrogen (secondary N) is 2. The average Bonchev–Trinajstić information content (AvgIpc) is 3.35. The summed E-state index contributed by atoms with van der Waals surface area (Å²) >= 11 is 6.15. The number of carbonyl (C=O) groups is 2. The van der Waals surface area contributed by atoms with E-state index in [2.05, 4.69) is 20.8 Å². The summed E-state index contributed by atoms with van der Waals surface area (Å²) in [4.78, 5) is 28.1. The maximum Gasteiger partial charge on any atom is 0.405 e. The van der Waals surface area contributed by atoms with E-state index in [0.29, 0.717) is 24.3 Å². The van der Waals surface area contributed by atoms with Crippen LogP contribution in [0.4, 0.5) is 9.18 Å². The van der Waals surface area contributed by atoms with Crippen LogP contribution >= 0.6 is 11.6 Å². The third-order valence-corrected chi connectivity index (χ3v) is 6.34. The Labute approximate surface area is 198 Å². The molecule has 1 aliphatic heterocycles. The largest absolute Gasteiger partial charge is 0.465 e. The van der Waals surface area contributed by atoms with Gasteiger partial charge in [-0.1, -0.05) is 35.0 Å². The monoisotopic (exact) mass is 486 g/mol. The van der Waals surface area contributed by atoms with Crippen LogP contribution in [0.2, 0.25) is 5.02 Å². The van der Waals surface area contributed by atoms with Crippen molar-refractivity contribution in [2.24, 2.45) is 0 Å². The molecule has 9 nitrogen and oxygen atoms in total. The van der Waals surface area contributed by atoms with Gasteiger partial charge < -0.3 is 25.0 Å². The Balaban J connectivity index is 1.45. The molecule has 3 N–H and O–H groups in total.